The van der Waals surface area contributed by atoms with E-state index in [1.165, 1.54) is 5.56 Å². The summed E-state index contributed by atoms with van der Waals surface area (Å²) in [6.45, 7) is 5.30. The van der Waals surface area contributed by atoms with Gasteiger partial charge >= 0.3 is 0 Å². The first-order valence-electron chi connectivity index (χ1n) is 11.4. The number of rotatable bonds is 5. The van der Waals surface area contributed by atoms with Crippen molar-refractivity contribution in [3.63, 3.8) is 0 Å². The minimum absolute atomic E-state index is 0.0248. The molecule has 0 aliphatic carbocycles. The number of fused-ring (bicyclic) bond motifs is 1. The van der Waals surface area contributed by atoms with Crippen molar-refractivity contribution >= 4 is 17.5 Å². The highest BCUT2D eigenvalue weighted by Gasteiger charge is 2.38. The zero-order chi connectivity index (χ0) is 22.8. The molecule has 0 radical (unpaired) electrons. The third-order valence-corrected chi connectivity index (χ3v) is 6.56. The summed E-state index contributed by atoms with van der Waals surface area (Å²) in [4.78, 5) is 31.8. The Labute approximate surface area is 193 Å². The smallest absolute Gasteiger partial charge is 0.228 e. The van der Waals surface area contributed by atoms with Crippen LogP contribution in [0, 0.1) is 5.92 Å². The van der Waals surface area contributed by atoms with Crippen molar-refractivity contribution in [2.45, 2.75) is 13.0 Å². The second-order valence-electron chi connectivity index (χ2n) is 8.68. The van der Waals surface area contributed by atoms with E-state index in [0.29, 0.717) is 44.3 Å². The molecular weight excluding hydrogens is 422 g/mol. The topological polar surface area (TPSA) is 71.6 Å². The van der Waals surface area contributed by atoms with Crippen LogP contribution in [0.1, 0.15) is 12.0 Å². The van der Waals surface area contributed by atoms with E-state index in [9.17, 15) is 9.59 Å². The highest BCUT2D eigenvalue weighted by Crippen LogP contribution is 2.36. The monoisotopic (exact) mass is 451 g/mol. The molecule has 3 heterocycles. The Morgan fingerprint density at radius 2 is 1.73 bits per heavy atom. The Morgan fingerprint density at radius 1 is 1.00 bits per heavy atom. The van der Waals surface area contributed by atoms with Crippen molar-refractivity contribution in [3.05, 3.63) is 48.0 Å². The summed E-state index contributed by atoms with van der Waals surface area (Å²) < 4.78 is 16.4. The molecule has 0 bridgehead atoms. The molecule has 2 saturated heterocycles. The maximum Gasteiger partial charge on any atom is 0.228 e. The van der Waals surface area contributed by atoms with Crippen LogP contribution in [0.2, 0.25) is 0 Å². The molecule has 0 N–H and O–H groups in total. The van der Waals surface area contributed by atoms with Crippen molar-refractivity contribution in [2.24, 2.45) is 5.92 Å². The molecule has 2 aromatic rings. The van der Waals surface area contributed by atoms with Gasteiger partial charge in [0, 0.05) is 57.4 Å². The van der Waals surface area contributed by atoms with Crippen LogP contribution in [0.4, 0.5) is 5.69 Å². The average molecular weight is 452 g/mol. The molecule has 1 unspecified atom stereocenters. The van der Waals surface area contributed by atoms with Crippen molar-refractivity contribution in [1.29, 1.82) is 0 Å². The van der Waals surface area contributed by atoms with Crippen molar-refractivity contribution < 1.29 is 23.8 Å². The van der Waals surface area contributed by atoms with Crippen LogP contribution in [-0.4, -0.2) is 74.7 Å². The van der Waals surface area contributed by atoms with Gasteiger partial charge in [-0.25, -0.2) is 0 Å². The fraction of sp³-hybridized carbons (Fsp3) is 0.440. The molecule has 2 aromatic carbocycles. The molecule has 174 valence electrons. The summed E-state index contributed by atoms with van der Waals surface area (Å²) >= 11 is 0. The fourth-order valence-corrected chi connectivity index (χ4v) is 4.70. The highest BCUT2D eigenvalue weighted by atomic mass is 16.6. The third-order valence-electron chi connectivity index (χ3n) is 6.56. The summed E-state index contributed by atoms with van der Waals surface area (Å²) in [6, 6.07) is 13.6. The number of carbonyl (C=O) groups is 2. The number of methoxy groups -OCH3 is 1. The summed E-state index contributed by atoms with van der Waals surface area (Å²) in [6.07, 6.45) is 0.249. The molecular formula is C25H29N3O5. The Kier molecular flexibility index (Phi) is 6.09. The van der Waals surface area contributed by atoms with Crippen LogP contribution >= 0.6 is 0 Å². The predicted octanol–water partition coefficient (Wildman–Crippen LogP) is 2.16. The lowest BCUT2D eigenvalue weighted by Crippen LogP contribution is -2.50. The molecule has 1 atom stereocenters. The van der Waals surface area contributed by atoms with E-state index in [4.69, 9.17) is 14.2 Å². The molecule has 3 aliphatic rings. The average Bonchev–Trinajstić information content (AvgIpc) is 3.26. The maximum absolute atomic E-state index is 13.2. The highest BCUT2D eigenvalue weighted by molar-refractivity contribution is 6.00. The second-order valence-corrected chi connectivity index (χ2v) is 8.68. The van der Waals surface area contributed by atoms with E-state index in [0.717, 1.165) is 31.1 Å². The lowest BCUT2D eigenvalue weighted by molar-refractivity contribution is -0.137. The molecule has 33 heavy (non-hydrogen) atoms. The van der Waals surface area contributed by atoms with E-state index in [-0.39, 0.29) is 24.2 Å². The van der Waals surface area contributed by atoms with Gasteiger partial charge < -0.3 is 24.0 Å². The van der Waals surface area contributed by atoms with Gasteiger partial charge in [0.1, 0.15) is 19.0 Å². The number of ether oxygens (including phenoxy) is 3. The van der Waals surface area contributed by atoms with Crippen LogP contribution in [0.3, 0.4) is 0 Å². The fourth-order valence-electron chi connectivity index (χ4n) is 4.70. The number of anilines is 1. The summed E-state index contributed by atoms with van der Waals surface area (Å²) in [5, 5.41) is 0. The quantitative estimate of drug-likeness (QED) is 0.694. The number of piperazine rings is 1. The lowest BCUT2D eigenvalue weighted by Gasteiger charge is -2.36. The van der Waals surface area contributed by atoms with Crippen molar-refractivity contribution in [1.82, 2.24) is 9.80 Å². The Hall–Kier alpha value is -3.26. The van der Waals surface area contributed by atoms with Gasteiger partial charge in [0.25, 0.3) is 0 Å². The van der Waals surface area contributed by atoms with Crippen LogP contribution in [0.15, 0.2) is 42.5 Å². The predicted molar refractivity (Wildman–Crippen MR) is 123 cm³/mol. The van der Waals surface area contributed by atoms with Crippen LogP contribution < -0.4 is 19.1 Å². The molecule has 0 spiro atoms. The first-order chi connectivity index (χ1) is 16.1. The van der Waals surface area contributed by atoms with Crippen molar-refractivity contribution in [3.8, 4) is 17.2 Å². The molecule has 8 heteroatoms. The minimum atomic E-state index is -0.307. The van der Waals surface area contributed by atoms with Gasteiger partial charge in [-0.05, 0) is 29.8 Å². The van der Waals surface area contributed by atoms with E-state index in [1.54, 1.807) is 12.0 Å². The van der Waals surface area contributed by atoms with Gasteiger partial charge in [0.05, 0.1) is 13.0 Å². The molecule has 2 amide bonds. The van der Waals surface area contributed by atoms with Gasteiger partial charge in [-0.15, -0.1) is 0 Å². The Morgan fingerprint density at radius 3 is 2.45 bits per heavy atom. The van der Waals surface area contributed by atoms with Gasteiger partial charge in [0.2, 0.25) is 11.8 Å². The van der Waals surface area contributed by atoms with Crippen molar-refractivity contribution in [2.75, 3.05) is 57.9 Å². The van der Waals surface area contributed by atoms with Crippen LogP contribution in [-0.2, 0) is 16.1 Å². The Bertz CT molecular complexity index is 1020. The van der Waals surface area contributed by atoms with Gasteiger partial charge in [-0.3, -0.25) is 14.5 Å². The number of hydrogen-bond acceptors (Lipinski definition) is 6. The number of hydrogen-bond donors (Lipinski definition) is 0. The minimum Gasteiger partial charge on any atom is -0.497 e. The van der Waals surface area contributed by atoms with Crippen LogP contribution in [0.25, 0.3) is 0 Å². The normalized spacial score (nSPS) is 20.8. The second kappa shape index (κ2) is 9.31. The van der Waals surface area contributed by atoms with E-state index in [1.807, 2.05) is 35.2 Å². The zero-order valence-electron chi connectivity index (χ0n) is 18.9. The summed E-state index contributed by atoms with van der Waals surface area (Å²) in [5.41, 5.74) is 1.98. The maximum atomic E-state index is 13.2. The molecule has 0 saturated carbocycles. The largest absolute Gasteiger partial charge is 0.497 e. The number of benzene rings is 2. The molecule has 0 aromatic heterocycles. The molecule has 2 fully saturated rings. The number of amides is 2. The van der Waals surface area contributed by atoms with Crippen LogP contribution in [0.5, 0.6) is 17.2 Å². The molecule has 3 aliphatic heterocycles. The van der Waals surface area contributed by atoms with E-state index < -0.39 is 0 Å². The van der Waals surface area contributed by atoms with Gasteiger partial charge in [-0.1, -0.05) is 12.1 Å². The first kappa shape index (κ1) is 21.6. The first-order valence-corrected chi connectivity index (χ1v) is 11.4. The SMILES string of the molecule is COc1ccc(CN2CCN(C(=O)C3CC(=O)N(c4ccc5c(c4)OCCO5)C3)CC2)cc1. The zero-order valence-corrected chi connectivity index (χ0v) is 18.9. The Balaban J connectivity index is 1.16. The third kappa shape index (κ3) is 4.61. The molecule has 5 rings (SSSR count). The lowest BCUT2D eigenvalue weighted by atomic mass is 10.1. The van der Waals surface area contributed by atoms with Gasteiger partial charge in [-0.2, -0.15) is 0 Å². The number of carbonyl (C=O) groups excluding carboxylic acids is 2. The van der Waals surface area contributed by atoms with E-state index in [2.05, 4.69) is 17.0 Å². The van der Waals surface area contributed by atoms with E-state index >= 15 is 0 Å². The standard InChI is InChI=1S/C25H29N3O5/c1-31-21-5-2-18(3-6-21)16-26-8-10-27(11-9-26)25(30)19-14-24(29)28(17-19)20-4-7-22-23(15-20)33-13-12-32-22/h2-7,15,19H,8-14,16-17H2,1H3. The molecule has 8 nitrogen and oxygen atoms in total. The summed E-state index contributed by atoms with van der Waals surface area (Å²) in [7, 11) is 1.67. The summed E-state index contributed by atoms with van der Waals surface area (Å²) in [5.74, 6) is 1.94. The number of nitrogens with zero attached hydrogens (tertiary/aromatic N) is 3. The van der Waals surface area contributed by atoms with Gasteiger partial charge in [0.15, 0.2) is 11.5 Å².